The summed E-state index contributed by atoms with van der Waals surface area (Å²) in [5.74, 6) is -3.55. The van der Waals surface area contributed by atoms with Crippen molar-refractivity contribution < 1.29 is 62.7 Å². The van der Waals surface area contributed by atoms with E-state index in [1.54, 1.807) is 44.9 Å². The maximum atomic E-state index is 14.0. The molecule has 6 aliphatic heterocycles. The number of pyridine rings is 4. The third-order valence-electron chi connectivity index (χ3n) is 17.8. The number of aryl methyl sites for hydroxylation is 4. The molecule has 21 nitrogen and oxygen atoms in total. The quantitative estimate of drug-likeness (QED) is 0.111. The lowest BCUT2D eigenvalue weighted by Gasteiger charge is -2.38. The largest absolute Gasteiger partial charge is 0.481 e. The number of carboxylic acids is 1. The highest BCUT2D eigenvalue weighted by molar-refractivity contribution is 5.92. The normalized spacial score (nSPS) is 19.4. The van der Waals surface area contributed by atoms with Gasteiger partial charge in [0.15, 0.2) is 5.60 Å². The van der Waals surface area contributed by atoms with Crippen LogP contribution in [0.15, 0.2) is 58.1 Å². The summed E-state index contributed by atoms with van der Waals surface area (Å²) in [5.41, 5.74) is 7.34. The number of fused-ring (bicyclic) bond motifs is 10. The van der Waals surface area contributed by atoms with E-state index in [4.69, 9.17) is 38.8 Å². The number of nitrogens with zero attached hydrogens (tertiary/aromatic N) is 6. The van der Waals surface area contributed by atoms with Gasteiger partial charge in [0.25, 0.3) is 11.1 Å². The molecular weight excluding hydrogens is 1140 g/mol. The predicted octanol–water partition coefficient (Wildman–Crippen LogP) is 9.82. The number of rotatable bonds is 7. The first-order valence-electron chi connectivity index (χ1n) is 30.9. The van der Waals surface area contributed by atoms with Crippen molar-refractivity contribution in [2.24, 2.45) is 11.8 Å². The van der Waals surface area contributed by atoms with E-state index in [2.05, 4.69) is 32.9 Å². The molecule has 0 radical (unpaired) electrons. The zero-order valence-electron chi connectivity index (χ0n) is 53.0. The Labute approximate surface area is 516 Å². The monoisotopic (exact) mass is 1220 g/mol. The zero-order valence-corrected chi connectivity index (χ0v) is 53.0. The van der Waals surface area contributed by atoms with Crippen molar-refractivity contribution in [3.05, 3.63) is 125 Å². The summed E-state index contributed by atoms with van der Waals surface area (Å²) < 4.78 is 30.8. The molecule has 10 heterocycles. The zero-order chi connectivity index (χ0) is 64.4. The first kappa shape index (κ1) is 63.6. The Hall–Kier alpha value is -8.46. The standard InChI is InChI=1S/C34H39N3O7.C23H22N2O4.C11H19NO4/c1-7-21-22-15-19(3)9-10-26(22)35-28-23(21)17-37-27(28)16-25-24(29(37)38)18-42-31(40)34(25,8-2)43-30(39)20-11-13-36(14-12-20)32(41)44-33(4,5)6;1-4-13-14-8-12(3)6-7-18(14)24-20-15(13)10-25-19(20)9-17-16(21(25)26)11-29-22(27)23(17,28)5-2;1-11(2,3)16-10(15)12-6-4-8(5-7-12)9(13)14/h9-10,15-16,20H,7-8,11-14,17-18H2,1-6H3;6-9,28H,4-5,10-11H2,1-3H3;8H,4-7H2,1-3H3,(H,13,14). The second-order valence-corrected chi connectivity index (χ2v) is 26.0. The second-order valence-electron chi connectivity index (χ2n) is 26.0. The van der Waals surface area contributed by atoms with Crippen molar-refractivity contribution in [1.29, 1.82) is 0 Å². The van der Waals surface area contributed by atoms with E-state index in [1.165, 1.54) is 11.1 Å². The van der Waals surface area contributed by atoms with E-state index in [9.17, 15) is 43.5 Å². The fourth-order valence-corrected chi connectivity index (χ4v) is 13.0. The molecular formula is C68H80N6O15. The Morgan fingerprint density at radius 2 is 1.02 bits per heavy atom. The molecule has 2 amide bonds. The summed E-state index contributed by atoms with van der Waals surface area (Å²) in [7, 11) is 0. The lowest BCUT2D eigenvalue weighted by molar-refractivity contribution is -0.192. The Bertz CT molecular complexity index is 4020. The molecule has 2 unspecified atom stereocenters. The van der Waals surface area contributed by atoms with Crippen LogP contribution in [0.4, 0.5) is 9.59 Å². The van der Waals surface area contributed by atoms with Crippen LogP contribution in [0.1, 0.15) is 163 Å². The van der Waals surface area contributed by atoms with Crippen molar-refractivity contribution in [1.82, 2.24) is 28.9 Å². The van der Waals surface area contributed by atoms with Crippen LogP contribution in [0, 0.1) is 25.7 Å². The predicted molar refractivity (Wildman–Crippen MR) is 330 cm³/mol. The van der Waals surface area contributed by atoms with Gasteiger partial charge in [0.05, 0.1) is 69.9 Å². The number of carboxylic acid groups (broad SMARTS) is 1. The van der Waals surface area contributed by atoms with Crippen molar-refractivity contribution in [3.63, 3.8) is 0 Å². The number of cyclic esters (lactones) is 2. The number of benzene rings is 2. The highest BCUT2D eigenvalue weighted by Crippen LogP contribution is 2.44. The summed E-state index contributed by atoms with van der Waals surface area (Å²) in [6.07, 6.45) is 2.83. The number of esters is 3. The number of piperidine rings is 2. The van der Waals surface area contributed by atoms with Gasteiger partial charge in [-0.3, -0.25) is 19.2 Å². The van der Waals surface area contributed by atoms with Gasteiger partial charge in [-0.2, -0.15) is 0 Å². The Morgan fingerprint density at radius 1 is 0.596 bits per heavy atom. The molecule has 6 aliphatic rings. The number of aliphatic carboxylic acids is 1. The van der Waals surface area contributed by atoms with Crippen LogP contribution in [0.2, 0.25) is 0 Å². The van der Waals surface area contributed by atoms with E-state index in [0.717, 1.165) is 62.6 Å². The van der Waals surface area contributed by atoms with Crippen LogP contribution in [-0.4, -0.2) is 113 Å². The fourth-order valence-electron chi connectivity index (χ4n) is 13.0. The number of carbonyl (C=O) groups is 6. The van der Waals surface area contributed by atoms with Crippen molar-refractivity contribution in [2.45, 2.75) is 183 Å². The lowest BCUT2D eigenvalue weighted by Crippen LogP contribution is -2.49. The average Bonchev–Trinajstić information content (AvgIpc) is 1.68. The number of likely N-dealkylation sites (tertiary alicyclic amines) is 2. The van der Waals surface area contributed by atoms with E-state index >= 15 is 0 Å². The van der Waals surface area contributed by atoms with Gasteiger partial charge in [-0.25, -0.2) is 29.1 Å². The molecule has 2 fully saturated rings. The second kappa shape index (κ2) is 24.1. The molecule has 0 saturated carbocycles. The molecule has 12 rings (SSSR count). The number of aliphatic hydroxyl groups is 1. The first-order chi connectivity index (χ1) is 42.0. The summed E-state index contributed by atoms with van der Waals surface area (Å²) in [4.78, 5) is 114. The SMILES string of the molecule is CC(C)(C)OC(=O)N1CCC(C(=O)O)CC1.CCc1c2c(nc3ccc(C)cc13)-c1cc3c(c(=O)n1C2)COC(=O)C3(CC)OC(=O)C1CCN(C(=O)OC(C)(C)C)CC1.CCc1c2c(nc3ccc(C)cc13)-c1cc3c(c(=O)n1C2)COC(=O)C3(O)CC. The Kier molecular flexibility index (Phi) is 17.2. The van der Waals surface area contributed by atoms with Gasteiger partial charge in [0.1, 0.15) is 24.4 Å². The molecule has 0 aliphatic carbocycles. The summed E-state index contributed by atoms with van der Waals surface area (Å²) in [6, 6.07) is 15.9. The highest BCUT2D eigenvalue weighted by Gasteiger charge is 2.52. The number of carbonyl (C=O) groups excluding carboxylic acids is 5. The molecule has 0 bridgehead atoms. The summed E-state index contributed by atoms with van der Waals surface area (Å²) >= 11 is 0. The molecule has 4 aromatic heterocycles. The molecule has 89 heavy (non-hydrogen) atoms. The van der Waals surface area contributed by atoms with Crippen molar-refractivity contribution in [2.75, 3.05) is 26.2 Å². The average molecular weight is 1220 g/mol. The van der Waals surface area contributed by atoms with Gasteiger partial charge in [-0.15, -0.1) is 0 Å². The van der Waals surface area contributed by atoms with Gasteiger partial charge in [-0.1, -0.05) is 51.0 Å². The fraction of sp³-hybridized carbons (Fsp3) is 0.500. The maximum Gasteiger partial charge on any atom is 0.410 e. The van der Waals surface area contributed by atoms with Crippen molar-refractivity contribution in [3.8, 4) is 22.8 Å². The topological polar surface area (TPSA) is 265 Å². The molecule has 21 heteroatoms. The van der Waals surface area contributed by atoms with Crippen molar-refractivity contribution >= 4 is 57.9 Å². The van der Waals surface area contributed by atoms with E-state index in [1.807, 2.05) is 72.7 Å². The van der Waals surface area contributed by atoms with Crippen LogP contribution >= 0.6 is 0 Å². The van der Waals surface area contributed by atoms with E-state index < -0.39 is 58.3 Å². The summed E-state index contributed by atoms with van der Waals surface area (Å²) in [5, 5.41) is 22.0. The number of hydrogen-bond donors (Lipinski definition) is 2. The molecule has 2 atom stereocenters. The van der Waals surface area contributed by atoms with Crippen LogP contribution < -0.4 is 11.1 Å². The minimum Gasteiger partial charge on any atom is -0.481 e. The van der Waals surface area contributed by atoms with E-state index in [0.29, 0.717) is 104 Å². The smallest absolute Gasteiger partial charge is 0.410 e. The minimum absolute atomic E-state index is 0.0989. The van der Waals surface area contributed by atoms with Gasteiger partial charge in [0, 0.05) is 59.2 Å². The van der Waals surface area contributed by atoms with Crippen LogP contribution in [0.3, 0.4) is 0 Å². The number of hydrogen-bond acceptors (Lipinski definition) is 16. The number of amides is 2. The number of ether oxygens (including phenoxy) is 5. The molecule has 2 saturated heterocycles. The maximum absolute atomic E-state index is 14.0. The van der Waals surface area contributed by atoms with Crippen LogP contribution in [0.5, 0.6) is 0 Å². The highest BCUT2D eigenvalue weighted by atomic mass is 16.6. The van der Waals surface area contributed by atoms with Gasteiger partial charge in [0.2, 0.25) is 5.60 Å². The minimum atomic E-state index is -1.80. The summed E-state index contributed by atoms with van der Waals surface area (Å²) in [6.45, 7) is 24.7. The Morgan fingerprint density at radius 3 is 1.44 bits per heavy atom. The third-order valence-corrected chi connectivity index (χ3v) is 17.8. The van der Waals surface area contributed by atoms with E-state index in [-0.39, 0.29) is 49.2 Å². The van der Waals surface area contributed by atoms with Crippen LogP contribution in [-0.2, 0) is 93.2 Å². The van der Waals surface area contributed by atoms with Gasteiger partial charge < -0.3 is 52.8 Å². The van der Waals surface area contributed by atoms with Gasteiger partial charge >= 0.3 is 36.1 Å². The molecule has 2 aromatic carbocycles. The molecule has 2 N–H and O–H groups in total. The third kappa shape index (κ3) is 11.9. The van der Waals surface area contributed by atoms with Crippen LogP contribution in [0.25, 0.3) is 44.6 Å². The molecule has 0 spiro atoms. The Balaban J connectivity index is 0.000000166. The van der Waals surface area contributed by atoms with Gasteiger partial charge in [-0.05, 0) is 154 Å². The molecule has 6 aromatic rings. The number of aromatic nitrogens is 4. The first-order valence-corrected chi connectivity index (χ1v) is 30.9. The molecule has 472 valence electrons. The lowest BCUT2D eigenvalue weighted by atomic mass is 9.85.